The lowest BCUT2D eigenvalue weighted by Gasteiger charge is -2.10. The summed E-state index contributed by atoms with van der Waals surface area (Å²) in [7, 11) is 0. The van der Waals surface area contributed by atoms with Crippen molar-refractivity contribution >= 4 is 53.6 Å². The lowest BCUT2D eigenvalue weighted by Crippen LogP contribution is -1.88. The van der Waals surface area contributed by atoms with Gasteiger partial charge in [0.2, 0.25) is 0 Å². The fourth-order valence-electron chi connectivity index (χ4n) is 7.16. The van der Waals surface area contributed by atoms with E-state index in [1.54, 1.807) is 6.33 Å². The zero-order valence-corrected chi connectivity index (χ0v) is 27.7. The Morgan fingerprint density at radius 2 is 1.02 bits per heavy atom. The third-order valence-corrected chi connectivity index (χ3v) is 10.8. The second-order valence-electron chi connectivity index (χ2n) is 12.6. The molecule has 234 valence electrons. The predicted molar refractivity (Wildman–Crippen MR) is 209 cm³/mol. The molecule has 3 aromatic heterocycles. The van der Waals surface area contributed by atoms with E-state index in [0.717, 1.165) is 50.0 Å². The molecule has 0 saturated carbocycles. The average Bonchev–Trinajstić information content (AvgIpc) is 3.77. The number of rotatable bonds is 5. The van der Waals surface area contributed by atoms with E-state index in [1.807, 2.05) is 23.5 Å². The van der Waals surface area contributed by atoms with Gasteiger partial charge in [-0.15, -0.1) is 11.3 Å². The maximum absolute atomic E-state index is 6.42. The Morgan fingerprint density at radius 3 is 1.82 bits per heavy atom. The first-order chi connectivity index (χ1) is 24.8. The summed E-state index contributed by atoms with van der Waals surface area (Å²) in [5.41, 5.74) is 13.5. The average molecular weight is 657 g/mol. The van der Waals surface area contributed by atoms with Crippen molar-refractivity contribution in [3.63, 3.8) is 0 Å². The first kappa shape index (κ1) is 28.6. The van der Waals surface area contributed by atoms with Crippen molar-refractivity contribution in [2.24, 2.45) is 0 Å². The van der Waals surface area contributed by atoms with E-state index in [4.69, 9.17) is 9.40 Å². The van der Waals surface area contributed by atoms with Gasteiger partial charge in [-0.2, -0.15) is 0 Å². The monoisotopic (exact) mass is 656 g/mol. The Morgan fingerprint density at radius 1 is 0.420 bits per heavy atom. The summed E-state index contributed by atoms with van der Waals surface area (Å²) < 4.78 is 9.07. The van der Waals surface area contributed by atoms with Crippen LogP contribution >= 0.6 is 11.3 Å². The number of furan rings is 1. The fourth-order valence-corrected chi connectivity index (χ4v) is 8.40. The van der Waals surface area contributed by atoms with E-state index in [1.165, 1.54) is 42.4 Å². The number of hydrogen-bond acceptors (Lipinski definition) is 4. The SMILES string of the molecule is c1ccc(-c2ccc3oc4c(-c5cccc(-c6cccc(-c7cccc(-c8cccc9c8sc8ccccc89)c7)c6)c5)ncnc4c3c2)cc1. The lowest BCUT2D eigenvalue weighted by molar-refractivity contribution is 0.667. The molecule has 3 nitrogen and oxygen atoms in total. The van der Waals surface area contributed by atoms with Crippen LogP contribution in [0.5, 0.6) is 0 Å². The van der Waals surface area contributed by atoms with Gasteiger partial charge in [-0.1, -0.05) is 127 Å². The smallest absolute Gasteiger partial charge is 0.180 e. The van der Waals surface area contributed by atoms with Gasteiger partial charge < -0.3 is 4.42 Å². The topological polar surface area (TPSA) is 38.9 Å². The van der Waals surface area contributed by atoms with Crippen LogP contribution in [0, 0.1) is 0 Å². The zero-order valence-electron chi connectivity index (χ0n) is 26.9. The van der Waals surface area contributed by atoms with E-state index in [2.05, 4.69) is 157 Å². The molecule has 0 saturated heterocycles. The van der Waals surface area contributed by atoms with Crippen LogP contribution < -0.4 is 0 Å². The molecule has 0 aliphatic carbocycles. The van der Waals surface area contributed by atoms with E-state index >= 15 is 0 Å². The van der Waals surface area contributed by atoms with Crippen molar-refractivity contribution in [2.75, 3.05) is 0 Å². The Balaban J connectivity index is 1.02. The Hall–Kier alpha value is -6.36. The number of benzene rings is 7. The van der Waals surface area contributed by atoms with Crippen molar-refractivity contribution < 1.29 is 4.42 Å². The number of fused-ring (bicyclic) bond motifs is 6. The molecular weight excluding hydrogens is 629 g/mol. The largest absolute Gasteiger partial charge is 0.452 e. The van der Waals surface area contributed by atoms with Gasteiger partial charge in [0.15, 0.2) is 5.58 Å². The van der Waals surface area contributed by atoms with Crippen LogP contribution in [0.2, 0.25) is 0 Å². The maximum Gasteiger partial charge on any atom is 0.180 e. The molecule has 0 unspecified atom stereocenters. The Labute approximate surface area is 292 Å². The summed E-state index contributed by atoms with van der Waals surface area (Å²) in [5, 5.41) is 3.62. The normalized spacial score (nSPS) is 11.6. The van der Waals surface area contributed by atoms with Crippen LogP contribution in [0.25, 0.3) is 98.0 Å². The summed E-state index contributed by atoms with van der Waals surface area (Å²) in [6, 6.07) is 58.2. The molecule has 0 radical (unpaired) electrons. The molecule has 0 aliphatic heterocycles. The molecule has 0 atom stereocenters. The minimum atomic E-state index is 0.698. The molecule has 0 fully saturated rings. The molecule has 0 spiro atoms. The van der Waals surface area contributed by atoms with Crippen LogP contribution in [0.1, 0.15) is 0 Å². The molecule has 10 aromatic rings. The predicted octanol–water partition coefficient (Wildman–Crippen LogP) is 13.1. The van der Waals surface area contributed by atoms with Gasteiger partial charge >= 0.3 is 0 Å². The molecular formula is C46H28N2OS. The molecule has 10 rings (SSSR count). The summed E-state index contributed by atoms with van der Waals surface area (Å²) >= 11 is 1.87. The molecule has 0 N–H and O–H groups in total. The van der Waals surface area contributed by atoms with Gasteiger partial charge in [-0.05, 0) is 80.9 Å². The summed E-state index contributed by atoms with van der Waals surface area (Å²) in [4.78, 5) is 9.39. The highest BCUT2D eigenvalue weighted by Crippen LogP contribution is 2.41. The van der Waals surface area contributed by atoms with Crippen LogP contribution in [0.4, 0.5) is 0 Å². The van der Waals surface area contributed by atoms with Gasteiger partial charge in [0.25, 0.3) is 0 Å². The Bertz CT molecular complexity index is 2880. The summed E-state index contributed by atoms with van der Waals surface area (Å²) in [6.07, 6.45) is 1.64. The number of thiophene rings is 1. The van der Waals surface area contributed by atoms with Crippen molar-refractivity contribution in [3.8, 4) is 55.8 Å². The Kier molecular flexibility index (Phi) is 6.68. The summed E-state index contributed by atoms with van der Waals surface area (Å²) in [6.45, 7) is 0. The van der Waals surface area contributed by atoms with Crippen molar-refractivity contribution in [1.29, 1.82) is 0 Å². The minimum absolute atomic E-state index is 0.698. The highest BCUT2D eigenvalue weighted by atomic mass is 32.1. The number of hydrogen-bond donors (Lipinski definition) is 0. The molecule has 4 heteroatoms. The molecule has 0 amide bonds. The first-order valence-corrected chi connectivity index (χ1v) is 17.5. The van der Waals surface area contributed by atoms with Crippen molar-refractivity contribution in [1.82, 2.24) is 9.97 Å². The molecule has 0 aliphatic rings. The first-order valence-electron chi connectivity index (χ1n) is 16.7. The third kappa shape index (κ3) is 4.80. The van der Waals surface area contributed by atoms with E-state index < -0.39 is 0 Å². The quantitative estimate of drug-likeness (QED) is 0.185. The van der Waals surface area contributed by atoms with Gasteiger partial charge in [-0.25, -0.2) is 9.97 Å². The maximum atomic E-state index is 6.42. The van der Waals surface area contributed by atoms with Crippen LogP contribution in [-0.2, 0) is 0 Å². The standard InChI is InChI=1S/C46H28N2OS/c1-2-10-29(11-3-1)34-22-23-41-40(27-34)44-45(49-41)43(47-28-48-44)36-17-8-15-33(26-36)31-13-6-12-30(24-31)32-14-7-16-35(25-32)37-19-9-20-39-38-18-4-5-21-42(38)50-46(37)39/h1-28H. The highest BCUT2D eigenvalue weighted by molar-refractivity contribution is 7.26. The van der Waals surface area contributed by atoms with Crippen LogP contribution in [-0.4, -0.2) is 9.97 Å². The second kappa shape index (κ2) is 11.7. The summed E-state index contributed by atoms with van der Waals surface area (Å²) in [5.74, 6) is 0. The van der Waals surface area contributed by atoms with Crippen LogP contribution in [0.15, 0.2) is 175 Å². The van der Waals surface area contributed by atoms with Gasteiger partial charge in [0.1, 0.15) is 23.1 Å². The molecule has 50 heavy (non-hydrogen) atoms. The number of aromatic nitrogens is 2. The lowest BCUT2D eigenvalue weighted by atomic mass is 9.95. The van der Waals surface area contributed by atoms with E-state index in [-0.39, 0.29) is 0 Å². The van der Waals surface area contributed by atoms with E-state index in [0.29, 0.717) is 5.58 Å². The van der Waals surface area contributed by atoms with Gasteiger partial charge in [0.05, 0.1) is 0 Å². The van der Waals surface area contributed by atoms with Gasteiger partial charge in [0, 0.05) is 31.1 Å². The third-order valence-electron chi connectivity index (χ3n) is 9.60. The minimum Gasteiger partial charge on any atom is -0.452 e. The van der Waals surface area contributed by atoms with Crippen LogP contribution in [0.3, 0.4) is 0 Å². The second-order valence-corrected chi connectivity index (χ2v) is 13.7. The van der Waals surface area contributed by atoms with Crippen molar-refractivity contribution in [2.45, 2.75) is 0 Å². The van der Waals surface area contributed by atoms with Crippen molar-refractivity contribution in [3.05, 3.63) is 170 Å². The zero-order chi connectivity index (χ0) is 33.0. The molecule has 7 aromatic carbocycles. The molecule has 3 heterocycles. The fraction of sp³-hybridized carbons (Fsp3) is 0. The van der Waals surface area contributed by atoms with E-state index in [9.17, 15) is 0 Å². The number of nitrogens with zero attached hydrogens (tertiary/aromatic N) is 2. The highest BCUT2D eigenvalue weighted by Gasteiger charge is 2.17. The molecule has 0 bridgehead atoms. The van der Waals surface area contributed by atoms with Gasteiger partial charge in [-0.3, -0.25) is 0 Å².